The van der Waals surface area contributed by atoms with Gasteiger partial charge in [-0.1, -0.05) is 6.07 Å². The second-order valence-corrected chi connectivity index (χ2v) is 7.50. The second-order valence-electron chi connectivity index (χ2n) is 7.50. The SMILES string of the molecule is Cc1ccc(OCCCN2CCN(c3cc(=O)n(C)c(=O)n3C)CC2)c([N+](=O)[O-])c1. The molecule has 2 heterocycles. The average Bonchev–Trinajstić information content (AvgIpc) is 2.73. The minimum absolute atomic E-state index is 0.0109. The van der Waals surface area contributed by atoms with Crippen molar-refractivity contribution in [1.82, 2.24) is 14.0 Å². The Balaban J connectivity index is 1.49. The predicted octanol–water partition coefficient (Wildman–Crippen LogP) is 0.892. The van der Waals surface area contributed by atoms with Crippen molar-refractivity contribution in [3.05, 3.63) is 60.8 Å². The number of hydrogen-bond acceptors (Lipinski definition) is 7. The Morgan fingerprint density at radius 2 is 1.77 bits per heavy atom. The first-order valence-corrected chi connectivity index (χ1v) is 9.90. The number of hydrogen-bond donors (Lipinski definition) is 0. The van der Waals surface area contributed by atoms with Gasteiger partial charge in [-0.25, -0.2) is 4.79 Å². The van der Waals surface area contributed by atoms with Crippen molar-refractivity contribution < 1.29 is 9.66 Å². The van der Waals surface area contributed by atoms with E-state index >= 15 is 0 Å². The maximum atomic E-state index is 12.1. The minimum Gasteiger partial charge on any atom is -0.487 e. The number of anilines is 1. The lowest BCUT2D eigenvalue weighted by molar-refractivity contribution is -0.385. The van der Waals surface area contributed by atoms with Crippen LogP contribution in [0.3, 0.4) is 0 Å². The Morgan fingerprint density at radius 3 is 2.43 bits per heavy atom. The van der Waals surface area contributed by atoms with Gasteiger partial charge in [0.1, 0.15) is 5.82 Å². The van der Waals surface area contributed by atoms with E-state index in [9.17, 15) is 19.7 Å². The number of piperazine rings is 1. The molecule has 1 aromatic carbocycles. The summed E-state index contributed by atoms with van der Waals surface area (Å²) in [6.45, 7) is 6.04. The first kappa shape index (κ1) is 21.6. The highest BCUT2D eigenvalue weighted by Gasteiger charge is 2.20. The number of aromatic nitrogens is 2. The lowest BCUT2D eigenvalue weighted by Gasteiger charge is -2.36. The van der Waals surface area contributed by atoms with Crippen LogP contribution < -0.4 is 20.9 Å². The molecule has 1 aliphatic heterocycles. The molecule has 0 amide bonds. The van der Waals surface area contributed by atoms with Gasteiger partial charge >= 0.3 is 11.4 Å². The third-order valence-electron chi connectivity index (χ3n) is 5.38. The normalized spacial score (nSPS) is 14.7. The van der Waals surface area contributed by atoms with Crippen LogP contribution in [0.5, 0.6) is 5.75 Å². The summed E-state index contributed by atoms with van der Waals surface area (Å²) in [4.78, 5) is 39.1. The molecule has 10 heteroatoms. The van der Waals surface area contributed by atoms with E-state index in [1.165, 1.54) is 23.7 Å². The molecule has 3 rings (SSSR count). The van der Waals surface area contributed by atoms with E-state index in [4.69, 9.17) is 4.74 Å². The number of benzene rings is 1. The molecule has 0 radical (unpaired) electrons. The molecule has 1 fully saturated rings. The molecule has 0 aliphatic carbocycles. The van der Waals surface area contributed by atoms with Gasteiger partial charge in [0.25, 0.3) is 5.56 Å². The summed E-state index contributed by atoms with van der Waals surface area (Å²) < 4.78 is 8.23. The van der Waals surface area contributed by atoms with E-state index < -0.39 is 4.92 Å². The van der Waals surface area contributed by atoms with Gasteiger partial charge in [-0.2, -0.15) is 0 Å². The van der Waals surface area contributed by atoms with Gasteiger partial charge in [0.2, 0.25) is 0 Å². The van der Waals surface area contributed by atoms with Crippen LogP contribution in [0, 0.1) is 17.0 Å². The monoisotopic (exact) mass is 417 g/mol. The Kier molecular flexibility index (Phi) is 6.56. The van der Waals surface area contributed by atoms with E-state index in [0.29, 0.717) is 31.3 Å². The van der Waals surface area contributed by atoms with Crippen molar-refractivity contribution in [2.24, 2.45) is 14.1 Å². The van der Waals surface area contributed by atoms with E-state index in [2.05, 4.69) is 4.90 Å². The molecule has 0 unspecified atom stereocenters. The van der Waals surface area contributed by atoms with Crippen LogP contribution in [-0.2, 0) is 14.1 Å². The van der Waals surface area contributed by atoms with Gasteiger partial charge in [-0.15, -0.1) is 0 Å². The minimum atomic E-state index is -0.425. The third-order valence-corrected chi connectivity index (χ3v) is 5.38. The Bertz CT molecular complexity index is 1040. The van der Waals surface area contributed by atoms with Crippen LogP contribution in [0.25, 0.3) is 0 Å². The summed E-state index contributed by atoms with van der Waals surface area (Å²) in [5, 5.41) is 11.2. The number of rotatable bonds is 7. The van der Waals surface area contributed by atoms with Crippen LogP contribution in [0.4, 0.5) is 11.5 Å². The number of nitro groups is 1. The van der Waals surface area contributed by atoms with E-state index in [-0.39, 0.29) is 16.9 Å². The molecule has 2 aromatic rings. The highest BCUT2D eigenvalue weighted by Crippen LogP contribution is 2.27. The number of aryl methyl sites for hydroxylation is 1. The average molecular weight is 417 g/mol. The topological polar surface area (TPSA) is 103 Å². The zero-order valence-electron chi connectivity index (χ0n) is 17.5. The third kappa shape index (κ3) is 4.70. The van der Waals surface area contributed by atoms with E-state index in [1.807, 2.05) is 11.8 Å². The van der Waals surface area contributed by atoms with Crippen LogP contribution >= 0.6 is 0 Å². The maximum absolute atomic E-state index is 12.1. The smallest absolute Gasteiger partial charge is 0.332 e. The van der Waals surface area contributed by atoms with Gasteiger partial charge < -0.3 is 9.64 Å². The molecule has 0 saturated carbocycles. The lowest BCUT2D eigenvalue weighted by atomic mass is 10.2. The number of ether oxygens (including phenoxy) is 1. The van der Waals surface area contributed by atoms with Crippen LogP contribution in [0.1, 0.15) is 12.0 Å². The zero-order chi connectivity index (χ0) is 21.8. The molecule has 1 saturated heterocycles. The molecule has 0 spiro atoms. The van der Waals surface area contributed by atoms with Crippen molar-refractivity contribution in [2.45, 2.75) is 13.3 Å². The highest BCUT2D eigenvalue weighted by molar-refractivity contribution is 5.48. The van der Waals surface area contributed by atoms with Gasteiger partial charge in [-0.3, -0.25) is 28.9 Å². The quantitative estimate of drug-likeness (QED) is 0.374. The predicted molar refractivity (Wildman–Crippen MR) is 114 cm³/mol. The summed E-state index contributed by atoms with van der Waals surface area (Å²) in [7, 11) is 3.14. The molecule has 0 bridgehead atoms. The molecule has 0 atom stereocenters. The number of nitro benzene ring substituents is 1. The number of nitrogens with zero attached hydrogens (tertiary/aromatic N) is 5. The summed E-state index contributed by atoms with van der Waals surface area (Å²) >= 11 is 0. The standard InChI is InChI=1S/C20H27N5O5/c1-15-5-6-17(16(13-15)25(28)29)30-12-4-7-23-8-10-24(11-9-23)18-14-19(26)22(3)20(27)21(18)2/h5-6,13-14H,4,7-12H2,1-3H3. The molecular formula is C20H27N5O5. The largest absolute Gasteiger partial charge is 0.487 e. The molecule has 1 aliphatic rings. The Morgan fingerprint density at radius 1 is 1.07 bits per heavy atom. The van der Waals surface area contributed by atoms with Crippen molar-refractivity contribution in [3.63, 3.8) is 0 Å². The van der Waals surface area contributed by atoms with Crippen LogP contribution in [-0.4, -0.2) is 58.3 Å². The molecule has 30 heavy (non-hydrogen) atoms. The Hall–Kier alpha value is -3.14. The molecule has 10 nitrogen and oxygen atoms in total. The molecule has 0 N–H and O–H groups in total. The van der Waals surface area contributed by atoms with Gasteiger partial charge in [-0.05, 0) is 25.0 Å². The van der Waals surface area contributed by atoms with Crippen molar-refractivity contribution in [3.8, 4) is 5.75 Å². The van der Waals surface area contributed by atoms with Crippen molar-refractivity contribution in [2.75, 3.05) is 44.2 Å². The van der Waals surface area contributed by atoms with Gasteiger partial charge in [0, 0.05) is 59.0 Å². The summed E-state index contributed by atoms with van der Waals surface area (Å²) in [5.41, 5.74) is 0.170. The van der Waals surface area contributed by atoms with Crippen LogP contribution in [0.2, 0.25) is 0 Å². The lowest BCUT2D eigenvalue weighted by Crippen LogP contribution is -2.49. The molecule has 162 valence electrons. The van der Waals surface area contributed by atoms with E-state index in [1.54, 1.807) is 19.2 Å². The van der Waals surface area contributed by atoms with Gasteiger partial charge in [0.05, 0.1) is 11.5 Å². The highest BCUT2D eigenvalue weighted by atomic mass is 16.6. The maximum Gasteiger partial charge on any atom is 0.332 e. The summed E-state index contributed by atoms with van der Waals surface area (Å²) in [6, 6.07) is 6.45. The fourth-order valence-electron chi connectivity index (χ4n) is 3.59. The summed E-state index contributed by atoms with van der Waals surface area (Å²) in [5.74, 6) is 0.930. The summed E-state index contributed by atoms with van der Waals surface area (Å²) in [6.07, 6.45) is 0.745. The fraction of sp³-hybridized carbons (Fsp3) is 0.500. The first-order valence-electron chi connectivity index (χ1n) is 9.90. The van der Waals surface area contributed by atoms with E-state index in [0.717, 1.165) is 36.2 Å². The first-order chi connectivity index (χ1) is 14.3. The molecular weight excluding hydrogens is 390 g/mol. The van der Waals surface area contributed by atoms with Crippen molar-refractivity contribution >= 4 is 11.5 Å². The molecule has 1 aromatic heterocycles. The van der Waals surface area contributed by atoms with Gasteiger partial charge in [0.15, 0.2) is 5.75 Å². The zero-order valence-corrected chi connectivity index (χ0v) is 17.5. The van der Waals surface area contributed by atoms with Crippen molar-refractivity contribution in [1.29, 1.82) is 0 Å². The second kappa shape index (κ2) is 9.12. The van der Waals surface area contributed by atoms with Crippen LogP contribution in [0.15, 0.2) is 33.9 Å². The Labute approximate surface area is 174 Å². The fourth-order valence-corrected chi connectivity index (χ4v) is 3.59.